The van der Waals surface area contributed by atoms with Crippen LogP contribution in [0, 0.1) is 5.92 Å². The highest BCUT2D eigenvalue weighted by atomic mass is 79.9. The second kappa shape index (κ2) is 7.16. The molecule has 1 aromatic carbocycles. The number of likely N-dealkylation sites (tertiary alicyclic amines) is 1. The SMILES string of the molecule is CN1C[C@H](CCNc2ncc(Br)cn2)C[C@@H]2c3cccc4c3c(cn4C)C[C@H]21. The van der Waals surface area contributed by atoms with E-state index < -0.39 is 0 Å². The van der Waals surface area contributed by atoms with Crippen molar-refractivity contribution in [2.75, 3.05) is 25.5 Å². The molecule has 0 amide bonds. The number of benzene rings is 1. The number of nitrogens with one attached hydrogen (secondary N) is 1. The van der Waals surface area contributed by atoms with Gasteiger partial charge < -0.3 is 14.8 Å². The Morgan fingerprint density at radius 2 is 2.04 bits per heavy atom. The van der Waals surface area contributed by atoms with Gasteiger partial charge in [-0.05, 0) is 65.4 Å². The smallest absolute Gasteiger partial charge is 0.222 e. The van der Waals surface area contributed by atoms with E-state index in [-0.39, 0.29) is 0 Å². The molecule has 28 heavy (non-hydrogen) atoms. The molecule has 0 saturated carbocycles. The Bertz CT molecular complexity index is 996. The van der Waals surface area contributed by atoms with Gasteiger partial charge in [0.15, 0.2) is 0 Å². The molecule has 0 unspecified atom stereocenters. The van der Waals surface area contributed by atoms with Crippen LogP contribution < -0.4 is 5.32 Å². The predicted octanol–water partition coefficient (Wildman–Crippen LogP) is 4.19. The molecule has 1 N–H and O–H groups in total. The molecule has 3 heterocycles. The molecule has 0 spiro atoms. The zero-order valence-electron chi connectivity index (χ0n) is 16.4. The normalized spacial score (nSPS) is 24.3. The van der Waals surface area contributed by atoms with E-state index in [1.54, 1.807) is 18.0 Å². The molecule has 3 atom stereocenters. The topological polar surface area (TPSA) is 46.0 Å². The van der Waals surface area contributed by atoms with E-state index in [0.29, 0.717) is 23.8 Å². The van der Waals surface area contributed by atoms with Gasteiger partial charge in [-0.2, -0.15) is 0 Å². The van der Waals surface area contributed by atoms with Crippen LogP contribution >= 0.6 is 15.9 Å². The molecule has 5 nitrogen and oxygen atoms in total. The average molecular weight is 440 g/mol. The summed E-state index contributed by atoms with van der Waals surface area (Å²) in [5.74, 6) is 2.03. The molecule has 1 aliphatic carbocycles. The molecule has 2 aliphatic rings. The first kappa shape index (κ1) is 18.1. The van der Waals surface area contributed by atoms with Crippen LogP contribution in [-0.4, -0.2) is 45.6 Å². The Kier molecular flexibility index (Phi) is 4.63. The number of hydrogen-bond donors (Lipinski definition) is 1. The van der Waals surface area contributed by atoms with Gasteiger partial charge in [0.25, 0.3) is 0 Å². The number of rotatable bonds is 4. The molecule has 1 saturated heterocycles. The van der Waals surface area contributed by atoms with Crippen LogP contribution in [0.5, 0.6) is 0 Å². The van der Waals surface area contributed by atoms with E-state index in [1.165, 1.54) is 35.9 Å². The molecule has 5 rings (SSSR count). The molecule has 0 radical (unpaired) electrons. The summed E-state index contributed by atoms with van der Waals surface area (Å²) in [5, 5.41) is 4.90. The van der Waals surface area contributed by atoms with Gasteiger partial charge >= 0.3 is 0 Å². The van der Waals surface area contributed by atoms with E-state index >= 15 is 0 Å². The fraction of sp³-hybridized carbons (Fsp3) is 0.455. The number of nitrogens with zero attached hydrogens (tertiary/aromatic N) is 4. The number of likely N-dealkylation sites (N-methyl/N-ethyl adjacent to an activating group) is 1. The van der Waals surface area contributed by atoms with E-state index in [0.717, 1.165) is 17.4 Å². The van der Waals surface area contributed by atoms with Crippen LogP contribution in [0.25, 0.3) is 10.9 Å². The summed E-state index contributed by atoms with van der Waals surface area (Å²) in [6.07, 6.45) is 9.50. The number of piperidine rings is 1. The van der Waals surface area contributed by atoms with E-state index in [4.69, 9.17) is 0 Å². The second-order valence-corrected chi connectivity index (χ2v) is 9.28. The first-order valence-corrected chi connectivity index (χ1v) is 10.9. The Morgan fingerprint density at radius 1 is 1.21 bits per heavy atom. The van der Waals surface area contributed by atoms with Crippen LogP contribution in [0.1, 0.15) is 29.9 Å². The van der Waals surface area contributed by atoms with Gasteiger partial charge in [-0.25, -0.2) is 9.97 Å². The maximum absolute atomic E-state index is 4.31. The molecule has 1 fully saturated rings. The minimum atomic E-state index is 0.625. The lowest BCUT2D eigenvalue weighted by Gasteiger charge is -2.45. The van der Waals surface area contributed by atoms with Crippen LogP contribution in [0.3, 0.4) is 0 Å². The van der Waals surface area contributed by atoms with Crippen molar-refractivity contribution in [3.05, 3.63) is 52.4 Å². The van der Waals surface area contributed by atoms with Crippen LogP contribution in [0.4, 0.5) is 5.95 Å². The van der Waals surface area contributed by atoms with Crippen molar-refractivity contribution in [2.45, 2.75) is 31.2 Å². The Hall–Kier alpha value is -1.92. The maximum Gasteiger partial charge on any atom is 0.222 e. The first-order chi connectivity index (χ1) is 13.6. The second-order valence-electron chi connectivity index (χ2n) is 8.37. The summed E-state index contributed by atoms with van der Waals surface area (Å²) in [5.41, 5.74) is 4.46. The Morgan fingerprint density at radius 3 is 2.86 bits per heavy atom. The minimum Gasteiger partial charge on any atom is -0.354 e. The Balaban J connectivity index is 1.32. The van der Waals surface area contributed by atoms with E-state index in [2.05, 4.69) is 79.2 Å². The number of fused-ring (bicyclic) bond motifs is 2. The van der Waals surface area contributed by atoms with Gasteiger partial charge in [-0.1, -0.05) is 12.1 Å². The summed E-state index contributed by atoms with van der Waals surface area (Å²) in [4.78, 5) is 11.2. The summed E-state index contributed by atoms with van der Waals surface area (Å²) in [7, 11) is 4.48. The van der Waals surface area contributed by atoms with Crippen molar-refractivity contribution >= 4 is 32.8 Å². The van der Waals surface area contributed by atoms with Crippen molar-refractivity contribution in [1.82, 2.24) is 19.4 Å². The molecule has 1 aliphatic heterocycles. The van der Waals surface area contributed by atoms with Crippen LogP contribution in [-0.2, 0) is 13.5 Å². The van der Waals surface area contributed by atoms with Gasteiger partial charge in [-0.3, -0.25) is 0 Å². The lowest BCUT2D eigenvalue weighted by Crippen LogP contribution is -2.48. The third-order valence-electron chi connectivity index (χ3n) is 6.57. The fourth-order valence-corrected chi connectivity index (χ4v) is 5.54. The molecular weight excluding hydrogens is 414 g/mol. The number of anilines is 1. The third-order valence-corrected chi connectivity index (χ3v) is 6.98. The van der Waals surface area contributed by atoms with E-state index in [9.17, 15) is 0 Å². The fourth-order valence-electron chi connectivity index (χ4n) is 5.33. The summed E-state index contributed by atoms with van der Waals surface area (Å²) >= 11 is 3.38. The standard InChI is InChI=1S/C22H26BrN5/c1-27-12-14(6-7-24-22-25-10-16(23)11-26-22)8-18-17-4-3-5-19-21(17)15(9-20(18)27)13-28(19)2/h3-5,10-11,13-14,18,20H,6-9,12H2,1-2H3,(H,24,25,26)/t14-,18-,20-/m1/s1. The largest absolute Gasteiger partial charge is 0.354 e. The minimum absolute atomic E-state index is 0.625. The average Bonchev–Trinajstić information content (AvgIpc) is 3.01. The van der Waals surface area contributed by atoms with E-state index in [1.807, 2.05) is 0 Å². The van der Waals surface area contributed by atoms with Gasteiger partial charge in [0.2, 0.25) is 5.95 Å². The lowest BCUT2D eigenvalue weighted by molar-refractivity contribution is 0.109. The highest BCUT2D eigenvalue weighted by molar-refractivity contribution is 9.10. The number of halogens is 1. The molecule has 0 bridgehead atoms. The zero-order valence-corrected chi connectivity index (χ0v) is 18.0. The van der Waals surface area contributed by atoms with Gasteiger partial charge in [0.05, 0.1) is 4.47 Å². The number of aromatic nitrogens is 3. The van der Waals surface area contributed by atoms with Crippen molar-refractivity contribution < 1.29 is 0 Å². The highest BCUT2D eigenvalue weighted by Crippen LogP contribution is 2.45. The van der Waals surface area contributed by atoms with Crippen molar-refractivity contribution in [2.24, 2.45) is 13.0 Å². The zero-order chi connectivity index (χ0) is 19.3. The van der Waals surface area contributed by atoms with Crippen molar-refractivity contribution in [1.29, 1.82) is 0 Å². The van der Waals surface area contributed by atoms with Gasteiger partial charge in [0, 0.05) is 61.6 Å². The molecular formula is C22H26BrN5. The third kappa shape index (κ3) is 3.12. The molecule has 3 aromatic rings. The van der Waals surface area contributed by atoms with Crippen LogP contribution in [0.2, 0.25) is 0 Å². The first-order valence-electron chi connectivity index (χ1n) is 10.1. The van der Waals surface area contributed by atoms with Crippen molar-refractivity contribution in [3.63, 3.8) is 0 Å². The van der Waals surface area contributed by atoms with Crippen molar-refractivity contribution in [3.8, 4) is 0 Å². The highest BCUT2D eigenvalue weighted by Gasteiger charge is 2.39. The van der Waals surface area contributed by atoms with Gasteiger partial charge in [-0.15, -0.1) is 0 Å². The molecule has 146 valence electrons. The summed E-state index contributed by atoms with van der Waals surface area (Å²) in [6, 6.07) is 7.49. The Labute approximate surface area is 174 Å². The predicted molar refractivity (Wildman–Crippen MR) is 117 cm³/mol. The van der Waals surface area contributed by atoms with Crippen LogP contribution in [0.15, 0.2) is 41.3 Å². The molecule has 2 aromatic heterocycles. The maximum atomic E-state index is 4.31. The monoisotopic (exact) mass is 439 g/mol. The number of hydrogen-bond acceptors (Lipinski definition) is 4. The lowest BCUT2D eigenvalue weighted by atomic mass is 9.72. The summed E-state index contributed by atoms with van der Waals surface area (Å²) in [6.45, 7) is 2.08. The van der Waals surface area contributed by atoms with Gasteiger partial charge in [0.1, 0.15) is 0 Å². The molecule has 6 heteroatoms. The number of aryl methyl sites for hydroxylation is 1. The quantitative estimate of drug-likeness (QED) is 0.661. The summed E-state index contributed by atoms with van der Waals surface area (Å²) < 4.78 is 3.20.